The Hall–Kier alpha value is -3.28. The highest BCUT2D eigenvalue weighted by molar-refractivity contribution is 8.18. The van der Waals surface area contributed by atoms with Crippen molar-refractivity contribution in [2.24, 2.45) is 4.99 Å². The zero-order valence-corrected chi connectivity index (χ0v) is 16.0. The molecule has 1 saturated heterocycles. The summed E-state index contributed by atoms with van der Waals surface area (Å²) in [5.41, 5.74) is -1.31. The van der Waals surface area contributed by atoms with E-state index in [0.717, 1.165) is 48.2 Å². The first-order valence-corrected chi connectivity index (χ1v) is 9.18. The van der Waals surface area contributed by atoms with E-state index in [0.29, 0.717) is 5.56 Å². The minimum absolute atomic E-state index is 0.0668. The molecule has 3 rings (SSSR count). The van der Waals surface area contributed by atoms with Crippen molar-refractivity contribution in [2.75, 3.05) is 5.32 Å². The number of urea groups is 1. The smallest absolute Gasteiger partial charge is 0.306 e. The van der Waals surface area contributed by atoms with Gasteiger partial charge in [-0.3, -0.25) is 4.79 Å². The number of amides is 3. The molecule has 3 amide bonds. The van der Waals surface area contributed by atoms with E-state index in [2.05, 4.69) is 15.6 Å². The molecule has 0 atom stereocenters. The molecule has 2 aromatic carbocycles. The number of aliphatic imine (C=N–C) groups is 1. The molecule has 12 heteroatoms. The van der Waals surface area contributed by atoms with Gasteiger partial charge in [0, 0.05) is 5.69 Å². The fraction of sp³-hybridized carbons (Fsp3) is 0.105. The number of carbonyl (C=O) groups excluding carboxylic acids is 2. The largest absolute Gasteiger partial charge is 0.416 e. The summed E-state index contributed by atoms with van der Waals surface area (Å²) in [5.74, 6) is -0.606. The van der Waals surface area contributed by atoms with Gasteiger partial charge in [-0.1, -0.05) is 12.1 Å². The molecule has 31 heavy (non-hydrogen) atoms. The van der Waals surface area contributed by atoms with E-state index in [-0.39, 0.29) is 15.8 Å². The molecule has 5 nitrogen and oxygen atoms in total. The fourth-order valence-corrected chi connectivity index (χ4v) is 3.21. The zero-order chi connectivity index (χ0) is 22.8. The summed E-state index contributed by atoms with van der Waals surface area (Å²) >= 11 is 0.787. The molecule has 1 aliphatic heterocycles. The Bertz CT molecular complexity index is 1060. The van der Waals surface area contributed by atoms with Crippen molar-refractivity contribution in [2.45, 2.75) is 12.4 Å². The van der Waals surface area contributed by atoms with Crippen molar-refractivity contribution < 1.29 is 35.9 Å². The second-order valence-corrected chi connectivity index (χ2v) is 7.14. The van der Waals surface area contributed by atoms with Gasteiger partial charge in [0.25, 0.3) is 5.91 Å². The Morgan fingerprint density at radius 1 is 0.903 bits per heavy atom. The lowest BCUT2D eigenvalue weighted by Crippen LogP contribution is -2.21. The van der Waals surface area contributed by atoms with Crippen LogP contribution in [0.25, 0.3) is 6.08 Å². The van der Waals surface area contributed by atoms with Crippen molar-refractivity contribution in [1.82, 2.24) is 5.32 Å². The SMILES string of the molecule is O=C(N=C1NC(=O)C(=Cc2ccc(C(F)(F)F)cc2)S1)Nc1ccc(C(F)(F)F)cc1. The molecule has 1 aliphatic rings. The fourth-order valence-electron chi connectivity index (χ4n) is 2.39. The number of nitrogens with one attached hydrogen (secondary N) is 2. The van der Waals surface area contributed by atoms with Crippen LogP contribution in [0.1, 0.15) is 16.7 Å². The van der Waals surface area contributed by atoms with Gasteiger partial charge >= 0.3 is 18.4 Å². The molecular formula is C19H11F6N3O2S. The maximum atomic E-state index is 12.6. The summed E-state index contributed by atoms with van der Waals surface area (Å²) in [6, 6.07) is 6.88. The summed E-state index contributed by atoms with van der Waals surface area (Å²) in [6.07, 6.45) is -7.66. The number of hydrogen-bond acceptors (Lipinski definition) is 3. The van der Waals surface area contributed by atoms with Gasteiger partial charge in [0.2, 0.25) is 0 Å². The number of amidine groups is 1. The molecule has 1 heterocycles. The molecule has 1 fully saturated rings. The summed E-state index contributed by atoms with van der Waals surface area (Å²) < 4.78 is 75.4. The molecule has 2 aromatic rings. The van der Waals surface area contributed by atoms with Gasteiger partial charge < -0.3 is 10.6 Å². The van der Waals surface area contributed by atoms with Gasteiger partial charge in [-0.15, -0.1) is 0 Å². The number of benzene rings is 2. The van der Waals surface area contributed by atoms with Gasteiger partial charge in [-0.2, -0.15) is 31.3 Å². The summed E-state index contributed by atoms with van der Waals surface area (Å²) in [4.78, 5) is 27.6. The Morgan fingerprint density at radius 2 is 1.42 bits per heavy atom. The second-order valence-electron chi connectivity index (χ2n) is 6.11. The Balaban J connectivity index is 1.66. The quantitative estimate of drug-likeness (QED) is 0.459. The number of nitrogens with zero attached hydrogens (tertiary/aromatic N) is 1. The third kappa shape index (κ3) is 5.87. The van der Waals surface area contributed by atoms with Crippen LogP contribution in [0.3, 0.4) is 0 Å². The van der Waals surface area contributed by atoms with Gasteiger partial charge in [-0.05, 0) is 59.8 Å². The van der Waals surface area contributed by atoms with Crippen molar-refractivity contribution in [1.29, 1.82) is 0 Å². The zero-order valence-electron chi connectivity index (χ0n) is 15.1. The Labute approximate surface area is 175 Å². The van der Waals surface area contributed by atoms with E-state index >= 15 is 0 Å². The van der Waals surface area contributed by atoms with Crippen molar-refractivity contribution in [3.8, 4) is 0 Å². The lowest BCUT2D eigenvalue weighted by molar-refractivity contribution is -0.138. The molecule has 0 radical (unpaired) electrons. The number of thioether (sulfide) groups is 1. The Morgan fingerprint density at radius 3 is 1.94 bits per heavy atom. The van der Waals surface area contributed by atoms with Gasteiger partial charge in [-0.25, -0.2) is 4.79 Å². The number of hydrogen-bond donors (Lipinski definition) is 2. The molecule has 0 bridgehead atoms. The van der Waals surface area contributed by atoms with Crippen LogP contribution in [0.2, 0.25) is 0 Å². The van der Waals surface area contributed by atoms with E-state index in [9.17, 15) is 35.9 Å². The highest BCUT2D eigenvalue weighted by Gasteiger charge is 2.31. The Kier molecular flexibility index (Phi) is 6.11. The number of alkyl halides is 6. The number of carbonyl (C=O) groups is 2. The van der Waals surface area contributed by atoms with Gasteiger partial charge in [0.1, 0.15) is 0 Å². The molecule has 0 aromatic heterocycles. The number of anilines is 1. The maximum absolute atomic E-state index is 12.6. The number of rotatable bonds is 2. The summed E-state index contributed by atoms with van der Waals surface area (Å²) in [7, 11) is 0. The van der Waals surface area contributed by atoms with E-state index in [4.69, 9.17) is 0 Å². The maximum Gasteiger partial charge on any atom is 0.416 e. The van der Waals surface area contributed by atoms with Crippen LogP contribution in [0, 0.1) is 0 Å². The molecule has 0 aliphatic carbocycles. The molecule has 2 N–H and O–H groups in total. The minimum atomic E-state index is -4.51. The lowest BCUT2D eigenvalue weighted by Gasteiger charge is -2.07. The molecular weight excluding hydrogens is 448 g/mol. The second kappa shape index (κ2) is 8.46. The molecule has 0 saturated carbocycles. The third-order valence-corrected chi connectivity index (χ3v) is 4.76. The van der Waals surface area contributed by atoms with Crippen LogP contribution >= 0.6 is 11.8 Å². The van der Waals surface area contributed by atoms with Crippen LogP contribution in [-0.2, 0) is 17.1 Å². The standard InChI is InChI=1S/C19H11F6N3O2S/c20-18(21,22)11-3-1-10(2-4-11)9-14-15(29)27-17(31-14)28-16(30)26-13-7-5-12(6-8-13)19(23,24)25/h1-9H,(H2,26,27,28,29,30). The van der Waals surface area contributed by atoms with Gasteiger partial charge in [0.15, 0.2) is 5.17 Å². The van der Waals surface area contributed by atoms with Crippen molar-refractivity contribution in [3.05, 3.63) is 70.1 Å². The van der Waals surface area contributed by atoms with Crippen LogP contribution in [0.4, 0.5) is 36.8 Å². The first kappa shape index (κ1) is 22.4. The average molecular weight is 459 g/mol. The highest BCUT2D eigenvalue weighted by atomic mass is 32.2. The topological polar surface area (TPSA) is 70.6 Å². The van der Waals surface area contributed by atoms with E-state index in [1.807, 2.05) is 0 Å². The predicted octanol–water partition coefficient (Wildman–Crippen LogP) is 5.52. The normalized spacial score (nSPS) is 17.2. The molecule has 0 spiro atoms. The number of halogens is 6. The average Bonchev–Trinajstić information content (AvgIpc) is 2.99. The summed E-state index contributed by atoms with van der Waals surface area (Å²) in [5, 5.41) is 4.49. The summed E-state index contributed by atoms with van der Waals surface area (Å²) in [6.45, 7) is 0. The molecule has 162 valence electrons. The monoisotopic (exact) mass is 459 g/mol. The van der Waals surface area contributed by atoms with Gasteiger partial charge in [0.05, 0.1) is 16.0 Å². The first-order chi connectivity index (χ1) is 14.4. The van der Waals surface area contributed by atoms with Crippen LogP contribution < -0.4 is 10.6 Å². The highest BCUT2D eigenvalue weighted by Crippen LogP contribution is 2.31. The van der Waals surface area contributed by atoms with Crippen molar-refractivity contribution >= 4 is 40.6 Å². The van der Waals surface area contributed by atoms with Crippen molar-refractivity contribution in [3.63, 3.8) is 0 Å². The molecule has 0 unspecified atom stereocenters. The van der Waals surface area contributed by atoms with E-state index in [1.165, 1.54) is 18.2 Å². The van der Waals surface area contributed by atoms with Crippen LogP contribution in [0.15, 0.2) is 58.4 Å². The van der Waals surface area contributed by atoms with E-state index < -0.39 is 35.4 Å². The predicted molar refractivity (Wildman–Crippen MR) is 103 cm³/mol. The first-order valence-electron chi connectivity index (χ1n) is 8.37. The third-order valence-electron chi connectivity index (χ3n) is 3.85. The van der Waals surface area contributed by atoms with Crippen LogP contribution in [0.5, 0.6) is 0 Å². The lowest BCUT2D eigenvalue weighted by atomic mass is 10.1. The minimum Gasteiger partial charge on any atom is -0.306 e. The van der Waals surface area contributed by atoms with Crippen LogP contribution in [-0.4, -0.2) is 17.1 Å². The van der Waals surface area contributed by atoms with E-state index in [1.54, 1.807) is 0 Å².